The number of nitrogens with one attached hydrogen (secondary N) is 1. The molecule has 0 bridgehead atoms. The van der Waals surface area contributed by atoms with E-state index in [4.69, 9.17) is 4.74 Å². The number of benzene rings is 1. The zero-order valence-electron chi connectivity index (χ0n) is 28.4. The molecule has 1 N–H and O–H groups in total. The van der Waals surface area contributed by atoms with Gasteiger partial charge in [-0.1, -0.05) is 106 Å². The number of unbranched alkanes of at least 4 members (excludes halogenated alkanes) is 3. The minimum Gasteiger partial charge on any atom is -0.384 e. The Balaban J connectivity index is 0.000000381. The molecule has 1 saturated carbocycles. The number of ether oxygens (including phenoxy) is 1. The number of nitrogens with zero attached hydrogens (tertiary/aromatic N) is 1. The molecule has 1 aliphatic carbocycles. The highest BCUT2D eigenvalue weighted by molar-refractivity contribution is 5.99. The summed E-state index contributed by atoms with van der Waals surface area (Å²) in [6.07, 6.45) is 17.3. The fraction of sp³-hybridized carbons (Fsp3) is 0.757. The summed E-state index contributed by atoms with van der Waals surface area (Å²) in [7, 11) is 1.77. The summed E-state index contributed by atoms with van der Waals surface area (Å²) in [5.41, 5.74) is 4.66. The van der Waals surface area contributed by atoms with Crippen LogP contribution in [0.5, 0.6) is 0 Å². The van der Waals surface area contributed by atoms with E-state index >= 15 is 0 Å². The summed E-state index contributed by atoms with van der Waals surface area (Å²) in [5.74, 6) is 3.29. The summed E-state index contributed by atoms with van der Waals surface area (Å²) in [6, 6.07) is 4.00. The highest BCUT2D eigenvalue weighted by Gasteiger charge is 2.32. The van der Waals surface area contributed by atoms with E-state index in [1.807, 2.05) is 13.8 Å². The molecular weight excluding hydrogens is 507 g/mol. The topological polar surface area (TPSA) is 33.6 Å². The Morgan fingerprint density at radius 3 is 2.29 bits per heavy atom. The maximum Gasteiger partial charge on any atom is 0.126 e. The van der Waals surface area contributed by atoms with Crippen molar-refractivity contribution in [1.29, 1.82) is 0 Å². The number of amidine groups is 1. The summed E-state index contributed by atoms with van der Waals surface area (Å²) < 4.78 is 20.2. The predicted octanol–water partition coefficient (Wildman–Crippen LogP) is 10.8. The lowest BCUT2D eigenvalue weighted by Gasteiger charge is -2.27. The number of hydrogen-bond donors (Lipinski definition) is 1. The van der Waals surface area contributed by atoms with Gasteiger partial charge in [0.05, 0.1) is 6.61 Å². The Morgan fingerprint density at radius 1 is 1.05 bits per heavy atom. The van der Waals surface area contributed by atoms with Crippen LogP contribution >= 0.6 is 0 Å². The van der Waals surface area contributed by atoms with Gasteiger partial charge in [0, 0.05) is 26.1 Å². The molecule has 0 amide bonds. The standard InChI is InChI=1S/C21H33FO.C8H12N2.C6H14.C2H6/c1-6-15-8-9-16(10-15)20(13-23-5)19-11-17(14(3)4)12-21(22)18(19)7-2;1-3-7-4-2-6-10-8(7)9-5-1;1-3-5-6-4-2;1-2/h11-12,14-16,20H,6-10,13H2,1-5H3;3H,1-2,4-6H2,(H,9,10);3-6H2,1-2H3;1-2H3. The molecule has 0 aromatic heterocycles. The summed E-state index contributed by atoms with van der Waals surface area (Å²) >= 11 is 0. The molecule has 0 saturated heterocycles. The number of fused-ring (bicyclic) bond motifs is 1. The third kappa shape index (κ3) is 12.6. The number of aliphatic imine (C=N–C) groups is 1. The van der Waals surface area contributed by atoms with Crippen molar-refractivity contribution in [3.8, 4) is 0 Å². The van der Waals surface area contributed by atoms with Crippen molar-refractivity contribution in [2.24, 2.45) is 16.8 Å². The molecule has 1 aromatic carbocycles. The van der Waals surface area contributed by atoms with E-state index in [1.54, 1.807) is 13.2 Å². The zero-order chi connectivity index (χ0) is 30.6. The number of rotatable bonds is 10. The maximum atomic E-state index is 14.7. The van der Waals surface area contributed by atoms with E-state index in [-0.39, 0.29) is 5.82 Å². The molecule has 3 unspecified atom stereocenters. The monoisotopic (exact) mass is 573 g/mol. The predicted molar refractivity (Wildman–Crippen MR) is 179 cm³/mol. The van der Waals surface area contributed by atoms with E-state index in [0.717, 1.165) is 42.4 Å². The van der Waals surface area contributed by atoms with Crippen molar-refractivity contribution < 1.29 is 9.13 Å². The van der Waals surface area contributed by atoms with Crippen LogP contribution in [0.1, 0.15) is 155 Å². The van der Waals surface area contributed by atoms with Gasteiger partial charge in [0.2, 0.25) is 0 Å². The first-order valence-corrected chi connectivity index (χ1v) is 17.2. The minimum atomic E-state index is -0.0279. The van der Waals surface area contributed by atoms with Crippen LogP contribution in [0.25, 0.3) is 0 Å². The van der Waals surface area contributed by atoms with Crippen LogP contribution in [0.2, 0.25) is 0 Å². The molecule has 3 aliphatic rings. The van der Waals surface area contributed by atoms with Crippen LogP contribution in [0.4, 0.5) is 4.39 Å². The third-order valence-electron chi connectivity index (χ3n) is 8.71. The smallest absolute Gasteiger partial charge is 0.126 e. The first-order valence-electron chi connectivity index (χ1n) is 17.2. The Morgan fingerprint density at radius 2 is 1.76 bits per heavy atom. The number of methoxy groups -OCH3 is 1. The molecule has 2 aliphatic heterocycles. The second kappa shape index (κ2) is 21.9. The van der Waals surface area contributed by atoms with Crippen LogP contribution in [-0.2, 0) is 11.2 Å². The molecule has 3 nitrogen and oxygen atoms in total. The van der Waals surface area contributed by atoms with E-state index in [0.29, 0.717) is 24.4 Å². The number of hydrogen-bond acceptors (Lipinski definition) is 3. The first-order chi connectivity index (χ1) is 19.9. The van der Waals surface area contributed by atoms with E-state index in [2.05, 4.69) is 64.0 Å². The van der Waals surface area contributed by atoms with Gasteiger partial charge in [-0.15, -0.1) is 0 Å². The second-order valence-corrected chi connectivity index (χ2v) is 12.0. The zero-order valence-corrected chi connectivity index (χ0v) is 28.4. The Kier molecular flexibility index (Phi) is 20.0. The van der Waals surface area contributed by atoms with Gasteiger partial charge in [-0.2, -0.15) is 0 Å². The molecular formula is C37H65FN2O. The molecule has 4 heteroatoms. The van der Waals surface area contributed by atoms with Crippen molar-refractivity contribution in [2.45, 2.75) is 144 Å². The Bertz CT molecular complexity index is 865. The average molecular weight is 573 g/mol. The van der Waals surface area contributed by atoms with Crippen LogP contribution in [0, 0.1) is 17.7 Å². The first kappa shape index (κ1) is 37.3. The van der Waals surface area contributed by atoms with Gasteiger partial charge in [0.25, 0.3) is 0 Å². The average Bonchev–Trinajstić information content (AvgIpc) is 3.49. The lowest BCUT2D eigenvalue weighted by Crippen LogP contribution is -2.31. The highest BCUT2D eigenvalue weighted by Crippen LogP contribution is 2.43. The Hall–Kier alpha value is -1.68. The van der Waals surface area contributed by atoms with Gasteiger partial charge in [0.15, 0.2) is 0 Å². The van der Waals surface area contributed by atoms with Crippen molar-refractivity contribution >= 4 is 5.84 Å². The van der Waals surface area contributed by atoms with Gasteiger partial charge in [-0.3, -0.25) is 4.99 Å². The van der Waals surface area contributed by atoms with Gasteiger partial charge in [-0.05, 0) is 84.6 Å². The summed E-state index contributed by atoms with van der Waals surface area (Å²) in [4.78, 5) is 4.39. The van der Waals surface area contributed by atoms with E-state index < -0.39 is 0 Å². The quantitative estimate of drug-likeness (QED) is 0.283. The van der Waals surface area contributed by atoms with Gasteiger partial charge >= 0.3 is 0 Å². The molecule has 2 heterocycles. The lowest BCUT2D eigenvalue weighted by molar-refractivity contribution is 0.154. The van der Waals surface area contributed by atoms with Crippen LogP contribution in [0.3, 0.4) is 0 Å². The summed E-state index contributed by atoms with van der Waals surface area (Å²) in [6.45, 7) is 19.9. The number of halogens is 1. The van der Waals surface area contributed by atoms with Gasteiger partial charge in [0.1, 0.15) is 11.7 Å². The largest absolute Gasteiger partial charge is 0.384 e. The maximum absolute atomic E-state index is 14.7. The van der Waals surface area contributed by atoms with Gasteiger partial charge < -0.3 is 10.1 Å². The van der Waals surface area contributed by atoms with Crippen molar-refractivity contribution in [3.05, 3.63) is 46.3 Å². The van der Waals surface area contributed by atoms with Crippen molar-refractivity contribution in [3.63, 3.8) is 0 Å². The molecule has 1 aromatic rings. The van der Waals surface area contributed by atoms with Gasteiger partial charge in [-0.25, -0.2) is 4.39 Å². The molecule has 41 heavy (non-hydrogen) atoms. The molecule has 236 valence electrons. The molecule has 0 spiro atoms. The minimum absolute atomic E-state index is 0.0279. The van der Waals surface area contributed by atoms with E-state index in [9.17, 15) is 4.39 Å². The van der Waals surface area contributed by atoms with Crippen LogP contribution in [-0.4, -0.2) is 32.6 Å². The SMILES string of the molecule is C1=C2CCCN=C2NCC1.CC.CCCCCC.CCc1c(F)cc(C(C)C)cc1C(COC)C1CCC(CC)C1. The molecule has 4 rings (SSSR count). The molecule has 1 fully saturated rings. The molecule has 3 atom stereocenters. The van der Waals surface area contributed by atoms with Crippen molar-refractivity contribution in [2.75, 3.05) is 26.8 Å². The van der Waals surface area contributed by atoms with E-state index in [1.165, 1.54) is 81.8 Å². The van der Waals surface area contributed by atoms with Crippen LogP contribution < -0.4 is 5.32 Å². The third-order valence-corrected chi connectivity index (χ3v) is 8.71. The summed E-state index contributed by atoms with van der Waals surface area (Å²) in [5, 5.41) is 3.30. The molecule has 0 radical (unpaired) electrons. The highest BCUT2D eigenvalue weighted by atomic mass is 19.1. The second-order valence-electron chi connectivity index (χ2n) is 12.0. The normalized spacial score (nSPS) is 20.1. The van der Waals surface area contributed by atoms with Crippen LogP contribution in [0.15, 0.2) is 28.8 Å². The fourth-order valence-electron chi connectivity index (χ4n) is 6.21. The lowest BCUT2D eigenvalue weighted by atomic mass is 9.80. The fourth-order valence-corrected chi connectivity index (χ4v) is 6.21. The van der Waals surface area contributed by atoms with Crippen molar-refractivity contribution in [1.82, 2.24) is 5.32 Å². The Labute approximate surface area is 254 Å².